The van der Waals surface area contributed by atoms with Crippen LogP contribution in [0.2, 0.25) is 0 Å². The Morgan fingerprint density at radius 3 is 2.46 bits per heavy atom. The van der Waals surface area contributed by atoms with Gasteiger partial charge in [-0.05, 0) is 50.9 Å². The van der Waals surface area contributed by atoms with Crippen molar-refractivity contribution >= 4 is 17.8 Å². The lowest BCUT2D eigenvalue weighted by atomic mass is 9.77. The number of aliphatic hydroxyl groups excluding tert-OH is 1. The molecule has 4 aliphatic heterocycles. The molecule has 7 atom stereocenters. The number of ether oxygens (including phenoxy) is 2. The van der Waals surface area contributed by atoms with E-state index in [1.807, 2.05) is 43.1 Å². The standard InChI is InChI=1S/C31H48N2O6/c1-8-20(2)21(18-34)33-25-27(36)32(30(6,7)19-29(3,4)5)16-13-15-31(25)24(26(33)35)23-22(39-31)14-11-9-10-12-17-38-28(23)37/h11,13-15,20-25,34H,8-10,12,16-19H2,1-7H3/b14-11-/t20-,21-,22+,23-,24-,25?,31-/m0/s1. The Labute approximate surface area is 233 Å². The Morgan fingerprint density at radius 2 is 1.82 bits per heavy atom. The van der Waals surface area contributed by atoms with E-state index in [-0.39, 0.29) is 29.8 Å². The van der Waals surface area contributed by atoms with Crippen LogP contribution in [0.1, 0.15) is 80.6 Å². The lowest BCUT2D eigenvalue weighted by Crippen LogP contribution is -2.62. The van der Waals surface area contributed by atoms with Gasteiger partial charge in [-0.3, -0.25) is 14.4 Å². The third-order valence-corrected chi connectivity index (χ3v) is 9.08. The quantitative estimate of drug-likeness (QED) is 0.403. The summed E-state index contributed by atoms with van der Waals surface area (Å²) in [6.07, 6.45) is 11.0. The van der Waals surface area contributed by atoms with Gasteiger partial charge in [0.05, 0.1) is 31.3 Å². The van der Waals surface area contributed by atoms with Gasteiger partial charge in [0.15, 0.2) is 0 Å². The highest BCUT2D eigenvalue weighted by Gasteiger charge is 2.73. The number of nitrogens with zero attached hydrogens (tertiary/aromatic N) is 2. The molecule has 4 rings (SSSR count). The smallest absolute Gasteiger partial charge is 0.312 e. The van der Waals surface area contributed by atoms with Crippen LogP contribution in [-0.4, -0.2) is 81.8 Å². The number of likely N-dealkylation sites (tertiary alicyclic amines) is 1. The van der Waals surface area contributed by atoms with Gasteiger partial charge >= 0.3 is 5.97 Å². The third-order valence-electron chi connectivity index (χ3n) is 9.08. The maximum atomic E-state index is 14.7. The first kappa shape index (κ1) is 29.8. The maximum Gasteiger partial charge on any atom is 0.312 e. The molecule has 1 N–H and O–H groups in total. The number of hydrogen-bond acceptors (Lipinski definition) is 6. The molecule has 1 unspecified atom stereocenters. The molecule has 1 spiro atoms. The second-order valence-electron chi connectivity index (χ2n) is 13.7. The van der Waals surface area contributed by atoms with Gasteiger partial charge in [-0.2, -0.15) is 0 Å². The molecule has 0 aliphatic carbocycles. The van der Waals surface area contributed by atoms with Gasteiger partial charge in [0.25, 0.3) is 0 Å². The zero-order valence-corrected chi connectivity index (χ0v) is 24.8. The number of carbonyl (C=O) groups is 3. The Bertz CT molecular complexity index is 1010. The van der Waals surface area contributed by atoms with Gasteiger partial charge in [0.2, 0.25) is 11.8 Å². The van der Waals surface area contributed by atoms with Gasteiger partial charge in [0, 0.05) is 12.1 Å². The van der Waals surface area contributed by atoms with Crippen molar-refractivity contribution in [2.45, 2.75) is 110 Å². The minimum absolute atomic E-state index is 0.0313. The van der Waals surface area contributed by atoms with Crippen LogP contribution in [0.4, 0.5) is 0 Å². The first-order chi connectivity index (χ1) is 18.3. The number of amides is 2. The summed E-state index contributed by atoms with van der Waals surface area (Å²) < 4.78 is 12.4. The van der Waals surface area contributed by atoms with E-state index in [1.165, 1.54) is 0 Å². The summed E-state index contributed by atoms with van der Waals surface area (Å²) in [5, 5.41) is 10.5. The summed E-state index contributed by atoms with van der Waals surface area (Å²) in [4.78, 5) is 46.1. The fourth-order valence-corrected chi connectivity index (χ4v) is 7.47. The number of fused-ring (bicyclic) bond motifs is 2. The SMILES string of the molecule is CC[C@H](C)[C@H](CO)N1C(=O)[C@@H]2[C@H]3C(=O)OCCCC/C=C\[C@H]3O[C@@]23C=CCN(C(C)(C)CC(C)(C)C)C(=O)C13. The average Bonchev–Trinajstić information content (AvgIpc) is 3.22. The van der Waals surface area contributed by atoms with Crippen molar-refractivity contribution in [1.82, 2.24) is 9.80 Å². The molecule has 2 fully saturated rings. The lowest BCUT2D eigenvalue weighted by molar-refractivity contribution is -0.158. The molecule has 8 heteroatoms. The first-order valence-electron chi connectivity index (χ1n) is 14.7. The zero-order valence-electron chi connectivity index (χ0n) is 24.8. The molecule has 2 saturated heterocycles. The Morgan fingerprint density at radius 1 is 1.10 bits per heavy atom. The van der Waals surface area contributed by atoms with Crippen molar-refractivity contribution in [2.24, 2.45) is 23.2 Å². The summed E-state index contributed by atoms with van der Waals surface area (Å²) >= 11 is 0. The highest BCUT2D eigenvalue weighted by Crippen LogP contribution is 2.54. The van der Waals surface area contributed by atoms with E-state index in [4.69, 9.17) is 9.47 Å². The van der Waals surface area contributed by atoms with Gasteiger partial charge in [0.1, 0.15) is 17.6 Å². The molecule has 4 heterocycles. The van der Waals surface area contributed by atoms with Gasteiger partial charge in [-0.1, -0.05) is 65.3 Å². The number of cyclic esters (lactones) is 1. The van der Waals surface area contributed by atoms with E-state index < -0.39 is 47.1 Å². The Balaban J connectivity index is 1.87. The average molecular weight is 545 g/mol. The Hall–Kier alpha value is -2.19. The van der Waals surface area contributed by atoms with E-state index in [1.54, 1.807) is 4.90 Å². The zero-order chi connectivity index (χ0) is 28.8. The van der Waals surface area contributed by atoms with Crippen molar-refractivity contribution in [1.29, 1.82) is 0 Å². The van der Waals surface area contributed by atoms with Crippen LogP contribution in [0.25, 0.3) is 0 Å². The van der Waals surface area contributed by atoms with Crippen LogP contribution in [0, 0.1) is 23.2 Å². The molecule has 0 aromatic heterocycles. The van der Waals surface area contributed by atoms with Gasteiger partial charge < -0.3 is 24.4 Å². The van der Waals surface area contributed by atoms with Crippen molar-refractivity contribution < 1.29 is 29.0 Å². The molecule has 4 aliphatic rings. The molecule has 218 valence electrons. The number of aliphatic hydroxyl groups is 1. The summed E-state index contributed by atoms with van der Waals surface area (Å²) in [6, 6.07) is -1.57. The second kappa shape index (κ2) is 11.0. The maximum absolute atomic E-state index is 14.7. The normalized spacial score (nSPS) is 34.1. The molecule has 0 aromatic rings. The predicted molar refractivity (Wildman–Crippen MR) is 149 cm³/mol. The van der Waals surface area contributed by atoms with Crippen LogP contribution >= 0.6 is 0 Å². The monoisotopic (exact) mass is 544 g/mol. The highest BCUT2D eigenvalue weighted by atomic mass is 16.6. The van der Waals surface area contributed by atoms with E-state index in [0.29, 0.717) is 13.2 Å². The molecule has 39 heavy (non-hydrogen) atoms. The summed E-state index contributed by atoms with van der Waals surface area (Å²) in [7, 11) is 0. The molecular formula is C31H48N2O6. The topological polar surface area (TPSA) is 96.4 Å². The Kier molecular flexibility index (Phi) is 8.40. The summed E-state index contributed by atoms with van der Waals surface area (Å²) in [5.41, 5.74) is -1.86. The number of hydrogen-bond donors (Lipinski definition) is 1. The largest absolute Gasteiger partial charge is 0.465 e. The molecular weight excluding hydrogens is 496 g/mol. The number of esters is 1. The summed E-state index contributed by atoms with van der Waals surface area (Å²) in [5.74, 6) is -2.80. The fraction of sp³-hybridized carbons (Fsp3) is 0.774. The van der Waals surface area contributed by atoms with E-state index in [2.05, 4.69) is 34.6 Å². The van der Waals surface area contributed by atoms with Crippen LogP contribution in [0.5, 0.6) is 0 Å². The number of allylic oxidation sites excluding steroid dienone is 1. The van der Waals surface area contributed by atoms with E-state index in [9.17, 15) is 19.5 Å². The molecule has 8 nitrogen and oxygen atoms in total. The highest BCUT2D eigenvalue weighted by molar-refractivity contribution is 5.99. The van der Waals surface area contributed by atoms with Crippen molar-refractivity contribution in [3.05, 3.63) is 24.3 Å². The summed E-state index contributed by atoms with van der Waals surface area (Å²) in [6.45, 7) is 15.0. The minimum Gasteiger partial charge on any atom is -0.465 e. The van der Waals surface area contributed by atoms with Crippen molar-refractivity contribution in [3.63, 3.8) is 0 Å². The third kappa shape index (κ3) is 5.31. The van der Waals surface area contributed by atoms with Gasteiger partial charge in [-0.25, -0.2) is 0 Å². The molecule has 2 amide bonds. The van der Waals surface area contributed by atoms with Gasteiger partial charge in [-0.15, -0.1) is 0 Å². The number of rotatable bonds is 6. The van der Waals surface area contributed by atoms with Crippen LogP contribution in [0.3, 0.4) is 0 Å². The minimum atomic E-state index is -1.33. The molecule has 0 aromatic carbocycles. The van der Waals surface area contributed by atoms with Crippen molar-refractivity contribution in [3.8, 4) is 0 Å². The van der Waals surface area contributed by atoms with Crippen molar-refractivity contribution in [2.75, 3.05) is 19.8 Å². The van der Waals surface area contributed by atoms with Crippen LogP contribution in [-0.2, 0) is 23.9 Å². The van der Waals surface area contributed by atoms with E-state index in [0.717, 1.165) is 32.1 Å². The van der Waals surface area contributed by atoms with Crippen LogP contribution in [0.15, 0.2) is 24.3 Å². The first-order valence-corrected chi connectivity index (χ1v) is 14.7. The van der Waals surface area contributed by atoms with E-state index >= 15 is 0 Å². The molecule has 0 bridgehead atoms. The second-order valence-corrected chi connectivity index (χ2v) is 13.7. The van der Waals surface area contributed by atoms with Crippen LogP contribution < -0.4 is 0 Å². The molecule has 0 radical (unpaired) electrons. The predicted octanol–water partition coefficient (Wildman–Crippen LogP) is 3.87. The molecule has 0 saturated carbocycles. The fourth-order valence-electron chi connectivity index (χ4n) is 7.47. The number of carbonyl (C=O) groups excluding carboxylic acids is 3. The lowest BCUT2D eigenvalue weighted by Gasteiger charge is -2.46.